The molecule has 0 saturated heterocycles. The first kappa shape index (κ1) is 14.6. The molecule has 0 aliphatic rings. The topological polar surface area (TPSA) is 85.9 Å². The van der Waals surface area contributed by atoms with Crippen LogP contribution in [0.4, 0.5) is 0 Å². The number of hydrogen-bond acceptors (Lipinski definition) is 7. The molecule has 0 aliphatic carbocycles. The lowest BCUT2D eigenvalue weighted by atomic mass is 10.0. The third kappa shape index (κ3) is 2.67. The fourth-order valence-corrected chi connectivity index (χ4v) is 3.22. The maximum absolute atomic E-state index is 12.8. The zero-order chi connectivity index (χ0) is 16.5. The average molecular weight is 336 g/mol. The van der Waals surface area contributed by atoms with Crippen LogP contribution >= 0.6 is 11.3 Å². The summed E-state index contributed by atoms with van der Waals surface area (Å²) < 4.78 is 1.60. The van der Waals surface area contributed by atoms with E-state index in [9.17, 15) is 4.79 Å². The van der Waals surface area contributed by atoms with Gasteiger partial charge < -0.3 is 0 Å². The first-order valence-electron chi connectivity index (χ1n) is 7.23. The van der Waals surface area contributed by atoms with Gasteiger partial charge in [0.05, 0.1) is 12.0 Å². The maximum Gasteiger partial charge on any atom is 0.173 e. The van der Waals surface area contributed by atoms with E-state index in [0.717, 1.165) is 21.8 Å². The lowest BCUT2D eigenvalue weighted by Gasteiger charge is -2.06. The van der Waals surface area contributed by atoms with E-state index in [1.54, 1.807) is 16.9 Å². The van der Waals surface area contributed by atoms with Crippen LogP contribution in [-0.2, 0) is 6.42 Å². The van der Waals surface area contributed by atoms with Gasteiger partial charge in [-0.05, 0) is 13.0 Å². The second-order valence-corrected chi connectivity index (χ2v) is 6.22. The molecule has 4 aromatic rings. The maximum atomic E-state index is 12.8. The summed E-state index contributed by atoms with van der Waals surface area (Å²) in [6.45, 7) is 1.91. The van der Waals surface area contributed by atoms with Gasteiger partial charge in [-0.1, -0.05) is 0 Å². The summed E-state index contributed by atoms with van der Waals surface area (Å²) in [6.07, 6.45) is 8.35. The molecule has 0 saturated carbocycles. The Kier molecular flexibility index (Phi) is 3.58. The number of pyridine rings is 1. The third-order valence-electron chi connectivity index (χ3n) is 3.55. The van der Waals surface area contributed by atoms with Crippen LogP contribution in [-0.4, -0.2) is 35.3 Å². The van der Waals surface area contributed by atoms with Gasteiger partial charge in [-0.3, -0.25) is 4.79 Å². The van der Waals surface area contributed by atoms with Gasteiger partial charge in [0.1, 0.15) is 17.7 Å². The number of aryl methyl sites for hydroxylation is 1. The van der Waals surface area contributed by atoms with Crippen LogP contribution in [0.15, 0.2) is 42.7 Å². The minimum atomic E-state index is -0.0407. The molecule has 0 amide bonds. The van der Waals surface area contributed by atoms with Crippen molar-refractivity contribution in [3.8, 4) is 11.1 Å². The van der Waals surface area contributed by atoms with E-state index in [2.05, 4.69) is 25.0 Å². The lowest BCUT2D eigenvalue weighted by Crippen LogP contribution is -2.07. The molecule has 0 fully saturated rings. The quantitative estimate of drug-likeness (QED) is 0.532. The number of hydrogen-bond donors (Lipinski definition) is 0. The van der Waals surface area contributed by atoms with E-state index in [1.165, 1.54) is 24.0 Å². The van der Waals surface area contributed by atoms with Gasteiger partial charge in [0.2, 0.25) is 0 Å². The van der Waals surface area contributed by atoms with Crippen molar-refractivity contribution in [2.24, 2.45) is 0 Å². The molecule has 0 radical (unpaired) electrons. The Balaban J connectivity index is 1.78. The number of ketones is 1. The van der Waals surface area contributed by atoms with Crippen LogP contribution in [0.1, 0.15) is 21.1 Å². The molecular formula is C16H12N6OS. The Morgan fingerprint density at radius 2 is 2.04 bits per heavy atom. The highest BCUT2D eigenvalue weighted by atomic mass is 32.1. The number of aromatic nitrogens is 6. The molecule has 4 aromatic heterocycles. The van der Waals surface area contributed by atoms with Crippen molar-refractivity contribution in [3.05, 3.63) is 59.0 Å². The SMILES string of the molecule is Cc1csc(CC(=O)c2cc(-c3cncnc3)cn3ncnc23)n1. The number of rotatable bonds is 4. The molecule has 0 unspecified atom stereocenters. The summed E-state index contributed by atoms with van der Waals surface area (Å²) in [5.41, 5.74) is 3.60. The van der Waals surface area contributed by atoms with E-state index in [1.807, 2.05) is 24.6 Å². The van der Waals surface area contributed by atoms with Crippen LogP contribution in [0, 0.1) is 6.92 Å². The predicted octanol–water partition coefficient (Wildman–Crippen LogP) is 2.38. The smallest absolute Gasteiger partial charge is 0.173 e. The van der Waals surface area contributed by atoms with E-state index in [0.29, 0.717) is 11.2 Å². The first-order chi connectivity index (χ1) is 11.7. The van der Waals surface area contributed by atoms with Gasteiger partial charge in [-0.25, -0.2) is 24.5 Å². The average Bonchev–Trinajstić information content (AvgIpc) is 3.23. The molecule has 24 heavy (non-hydrogen) atoms. The summed E-state index contributed by atoms with van der Waals surface area (Å²) in [6, 6.07) is 1.81. The van der Waals surface area contributed by atoms with Gasteiger partial charge in [0.25, 0.3) is 0 Å². The molecule has 0 bridgehead atoms. The van der Waals surface area contributed by atoms with Crippen molar-refractivity contribution in [3.63, 3.8) is 0 Å². The van der Waals surface area contributed by atoms with Gasteiger partial charge in [0, 0.05) is 40.8 Å². The second-order valence-electron chi connectivity index (χ2n) is 5.28. The predicted molar refractivity (Wildman–Crippen MR) is 88.9 cm³/mol. The molecule has 0 N–H and O–H groups in total. The Morgan fingerprint density at radius 1 is 1.21 bits per heavy atom. The van der Waals surface area contributed by atoms with Gasteiger partial charge in [-0.15, -0.1) is 11.3 Å². The summed E-state index contributed by atoms with van der Waals surface area (Å²) in [5, 5.41) is 6.89. The Labute approximate surface area is 141 Å². The zero-order valence-corrected chi connectivity index (χ0v) is 13.6. The zero-order valence-electron chi connectivity index (χ0n) is 12.7. The van der Waals surface area contributed by atoms with Crippen LogP contribution in [0.5, 0.6) is 0 Å². The van der Waals surface area contributed by atoms with Crippen LogP contribution in [0.3, 0.4) is 0 Å². The molecule has 0 aliphatic heterocycles. The minimum Gasteiger partial charge on any atom is -0.294 e. The van der Waals surface area contributed by atoms with Crippen molar-refractivity contribution in [2.45, 2.75) is 13.3 Å². The van der Waals surface area contributed by atoms with Crippen LogP contribution < -0.4 is 0 Å². The van der Waals surface area contributed by atoms with Crippen molar-refractivity contribution >= 4 is 22.8 Å². The summed E-state index contributed by atoms with van der Waals surface area (Å²) in [5.74, 6) is -0.0407. The molecule has 0 spiro atoms. The van der Waals surface area contributed by atoms with Gasteiger partial charge in [-0.2, -0.15) is 5.10 Å². The van der Waals surface area contributed by atoms with E-state index < -0.39 is 0 Å². The number of thiazole rings is 1. The largest absolute Gasteiger partial charge is 0.294 e. The van der Waals surface area contributed by atoms with E-state index >= 15 is 0 Å². The summed E-state index contributed by atoms with van der Waals surface area (Å²) >= 11 is 1.49. The fourth-order valence-electron chi connectivity index (χ4n) is 2.45. The third-order valence-corrected chi connectivity index (χ3v) is 4.51. The molecule has 4 rings (SSSR count). The molecule has 0 aromatic carbocycles. The van der Waals surface area contributed by atoms with E-state index in [-0.39, 0.29) is 12.2 Å². The summed E-state index contributed by atoms with van der Waals surface area (Å²) in [7, 11) is 0. The van der Waals surface area contributed by atoms with Crippen molar-refractivity contribution in [1.82, 2.24) is 29.5 Å². The van der Waals surface area contributed by atoms with Gasteiger partial charge in [0.15, 0.2) is 11.4 Å². The molecular weight excluding hydrogens is 324 g/mol. The summed E-state index contributed by atoms with van der Waals surface area (Å²) in [4.78, 5) is 29.4. The molecule has 8 heteroatoms. The Bertz CT molecular complexity index is 1020. The number of Topliss-reactive ketones (excluding diaryl/α,β-unsaturated/α-hetero) is 1. The Hall–Kier alpha value is -3.00. The van der Waals surface area contributed by atoms with Crippen molar-refractivity contribution in [1.29, 1.82) is 0 Å². The lowest BCUT2D eigenvalue weighted by molar-refractivity contribution is 0.0994. The highest BCUT2D eigenvalue weighted by molar-refractivity contribution is 7.09. The van der Waals surface area contributed by atoms with Crippen molar-refractivity contribution < 1.29 is 4.79 Å². The first-order valence-corrected chi connectivity index (χ1v) is 8.11. The monoisotopic (exact) mass is 336 g/mol. The van der Waals surface area contributed by atoms with Gasteiger partial charge >= 0.3 is 0 Å². The molecule has 7 nitrogen and oxygen atoms in total. The minimum absolute atomic E-state index is 0.0407. The fraction of sp³-hybridized carbons (Fsp3) is 0.125. The normalized spacial score (nSPS) is 11.0. The van der Waals surface area contributed by atoms with Crippen molar-refractivity contribution in [2.75, 3.05) is 0 Å². The molecule has 0 atom stereocenters. The molecule has 118 valence electrons. The van der Waals surface area contributed by atoms with Crippen LogP contribution in [0.2, 0.25) is 0 Å². The number of carbonyl (C=O) groups is 1. The standard InChI is InChI=1S/C16H12N6OS/c1-10-7-24-15(21-10)3-14(23)13-2-11(12-4-17-8-18-5-12)6-22-16(13)19-9-20-22/h2,4-9H,3H2,1H3. The number of nitrogens with zero attached hydrogens (tertiary/aromatic N) is 6. The Morgan fingerprint density at radius 3 is 2.79 bits per heavy atom. The highest BCUT2D eigenvalue weighted by Gasteiger charge is 2.17. The number of carbonyl (C=O) groups excluding carboxylic acids is 1. The highest BCUT2D eigenvalue weighted by Crippen LogP contribution is 2.22. The molecule has 4 heterocycles. The van der Waals surface area contributed by atoms with Crippen LogP contribution in [0.25, 0.3) is 16.8 Å². The van der Waals surface area contributed by atoms with E-state index in [4.69, 9.17) is 0 Å². The number of fused-ring (bicyclic) bond motifs is 1. The second kappa shape index (κ2) is 5.89.